The molecule has 0 amide bonds. The molecule has 7 rings (SSSR count). The average molecular weight is 765 g/mol. The zero-order valence-electron chi connectivity index (χ0n) is 27.3. The standard InChI is InChI=1S/C21H22NSi.C19H12N.Ir/c1-16-10-11-18(14-20(16)17-8-6-5-7-9-17)21-13-12-19(15-22-21)23(2,3)4;1-2-6-17-14(5-1)8-9-15-13-16(10-11-18(15)17)19-7-3-4-12-20-19;/h5-10,12-15H,1-4H3;1-9,11-13H;/q2*-1;/i;8D,9D;. The molecule has 0 bridgehead atoms. The summed E-state index contributed by atoms with van der Waals surface area (Å²) in [7, 11) is -1.30. The van der Waals surface area contributed by atoms with E-state index in [1.165, 1.54) is 21.9 Å². The molecule has 2 nitrogen and oxygen atoms in total. The number of rotatable bonds is 4. The Morgan fingerprint density at radius 1 is 0.659 bits per heavy atom. The first-order valence-corrected chi connectivity index (χ1v) is 18.0. The van der Waals surface area contributed by atoms with Crippen molar-refractivity contribution in [1.82, 2.24) is 9.97 Å². The smallest absolute Gasteiger partial charge is 0.0795 e. The van der Waals surface area contributed by atoms with Gasteiger partial charge in [-0.15, -0.1) is 58.5 Å². The van der Waals surface area contributed by atoms with Crippen LogP contribution in [0.1, 0.15) is 8.30 Å². The van der Waals surface area contributed by atoms with Gasteiger partial charge in [0, 0.05) is 32.5 Å². The maximum atomic E-state index is 8.31. The second kappa shape index (κ2) is 13.6. The van der Waals surface area contributed by atoms with Crippen molar-refractivity contribution in [3.63, 3.8) is 0 Å². The predicted molar refractivity (Wildman–Crippen MR) is 185 cm³/mol. The molecule has 0 fully saturated rings. The molecule has 5 aromatic carbocycles. The van der Waals surface area contributed by atoms with Gasteiger partial charge in [-0.05, 0) is 33.6 Å². The summed E-state index contributed by atoms with van der Waals surface area (Å²) in [6.45, 7) is 9.16. The van der Waals surface area contributed by atoms with Crippen LogP contribution in [-0.4, -0.2) is 18.0 Å². The number of hydrogen-bond acceptors (Lipinski definition) is 2. The van der Waals surface area contributed by atoms with Gasteiger partial charge < -0.3 is 9.97 Å². The molecule has 0 aliphatic rings. The van der Waals surface area contributed by atoms with Crippen LogP contribution >= 0.6 is 0 Å². The van der Waals surface area contributed by atoms with Gasteiger partial charge in [0.25, 0.3) is 0 Å². The molecule has 0 spiro atoms. The summed E-state index contributed by atoms with van der Waals surface area (Å²) >= 11 is 0. The van der Waals surface area contributed by atoms with Crippen molar-refractivity contribution in [3.05, 3.63) is 151 Å². The number of aromatic nitrogens is 2. The number of pyridine rings is 2. The maximum Gasteiger partial charge on any atom is 0.0795 e. The average Bonchev–Trinajstić information content (AvgIpc) is 3.08. The summed E-state index contributed by atoms with van der Waals surface area (Å²) < 4.78 is 16.5. The summed E-state index contributed by atoms with van der Waals surface area (Å²) in [4.78, 5) is 9.01. The Balaban J connectivity index is 0.000000177. The number of aryl methyl sites for hydroxylation is 1. The number of benzene rings is 5. The van der Waals surface area contributed by atoms with Gasteiger partial charge >= 0.3 is 0 Å². The molecule has 0 N–H and O–H groups in total. The first-order valence-electron chi connectivity index (χ1n) is 15.5. The number of hydrogen-bond donors (Lipinski definition) is 0. The topological polar surface area (TPSA) is 25.8 Å². The van der Waals surface area contributed by atoms with E-state index in [1.807, 2.05) is 66.9 Å². The van der Waals surface area contributed by atoms with Gasteiger partial charge in [-0.2, -0.15) is 0 Å². The van der Waals surface area contributed by atoms with Crippen molar-refractivity contribution >= 4 is 34.8 Å². The molecule has 0 saturated heterocycles. The number of nitrogens with zero attached hydrogens (tertiary/aromatic N) is 2. The maximum absolute atomic E-state index is 8.31. The van der Waals surface area contributed by atoms with Crippen molar-refractivity contribution in [2.75, 3.05) is 0 Å². The van der Waals surface area contributed by atoms with E-state index in [-0.39, 0.29) is 32.2 Å². The Morgan fingerprint density at radius 3 is 2.07 bits per heavy atom. The second-order valence-corrected chi connectivity index (χ2v) is 16.8. The van der Waals surface area contributed by atoms with Gasteiger partial charge in [-0.1, -0.05) is 134 Å². The van der Waals surface area contributed by atoms with E-state index in [0.717, 1.165) is 44.1 Å². The third-order valence-electron chi connectivity index (χ3n) is 7.59. The fourth-order valence-corrected chi connectivity index (χ4v) is 6.12. The Morgan fingerprint density at radius 2 is 1.34 bits per heavy atom. The Hall–Kier alpha value is -4.21. The molecular formula is C40H34IrN2Si-2. The Labute approximate surface area is 278 Å². The molecule has 0 atom stereocenters. The molecule has 0 aliphatic carbocycles. The minimum Gasteiger partial charge on any atom is -0.305 e. The zero-order valence-corrected chi connectivity index (χ0v) is 28.7. The van der Waals surface area contributed by atoms with Gasteiger partial charge in [0.05, 0.1) is 10.8 Å². The fraction of sp³-hybridized carbons (Fsp3) is 0.100. The van der Waals surface area contributed by atoms with E-state index >= 15 is 0 Å². The summed E-state index contributed by atoms with van der Waals surface area (Å²) in [6.07, 6.45) is 3.78. The molecule has 219 valence electrons. The van der Waals surface area contributed by atoms with E-state index in [9.17, 15) is 0 Å². The summed E-state index contributed by atoms with van der Waals surface area (Å²) in [5.74, 6) is 0. The zero-order chi connectivity index (χ0) is 31.6. The minimum atomic E-state index is -1.30. The monoisotopic (exact) mass is 765 g/mol. The minimum absolute atomic E-state index is 0. The van der Waals surface area contributed by atoms with Crippen LogP contribution in [0.25, 0.3) is 55.2 Å². The van der Waals surface area contributed by atoms with Crippen LogP contribution in [0.2, 0.25) is 19.6 Å². The largest absolute Gasteiger partial charge is 0.305 e. The summed E-state index contributed by atoms with van der Waals surface area (Å²) in [5, 5.41) is 4.90. The van der Waals surface area contributed by atoms with E-state index in [4.69, 9.17) is 2.74 Å². The van der Waals surface area contributed by atoms with Gasteiger partial charge in [0.1, 0.15) is 0 Å². The molecule has 0 unspecified atom stereocenters. The molecule has 0 saturated carbocycles. The van der Waals surface area contributed by atoms with E-state index < -0.39 is 8.07 Å². The van der Waals surface area contributed by atoms with E-state index in [2.05, 4.69) is 97.2 Å². The SMILES string of the molecule is Cc1c[c-]c(-c2ccc([Si](C)(C)C)cn2)cc1-c1ccccc1.[2H]c1c([2H])c2ccccc2c2c[c-]c(-c3ccccn3)cc12.[Ir]. The molecule has 7 aromatic rings. The summed E-state index contributed by atoms with van der Waals surface area (Å²) in [6, 6.07) is 43.5. The molecule has 0 aliphatic heterocycles. The van der Waals surface area contributed by atoms with Gasteiger partial charge in [0.15, 0.2) is 0 Å². The normalized spacial score (nSPS) is 11.6. The fourth-order valence-electron chi connectivity index (χ4n) is 5.09. The van der Waals surface area contributed by atoms with Crippen molar-refractivity contribution in [1.29, 1.82) is 0 Å². The van der Waals surface area contributed by atoms with Crippen molar-refractivity contribution in [2.45, 2.75) is 26.6 Å². The van der Waals surface area contributed by atoms with Crippen molar-refractivity contribution < 1.29 is 22.8 Å². The Bertz CT molecular complexity index is 2110. The van der Waals surface area contributed by atoms with Crippen LogP contribution in [0.4, 0.5) is 0 Å². The molecule has 2 heterocycles. The molecule has 2 aromatic heterocycles. The van der Waals surface area contributed by atoms with E-state index in [1.54, 1.807) is 6.20 Å². The van der Waals surface area contributed by atoms with Gasteiger partial charge in [-0.3, -0.25) is 0 Å². The van der Waals surface area contributed by atoms with Crippen LogP contribution in [0.3, 0.4) is 0 Å². The molecule has 1 radical (unpaired) electrons. The Kier molecular flexibility index (Phi) is 8.83. The summed E-state index contributed by atoms with van der Waals surface area (Å²) in [5.41, 5.74) is 7.42. The van der Waals surface area contributed by atoms with Crippen LogP contribution in [0.5, 0.6) is 0 Å². The quantitative estimate of drug-likeness (QED) is 0.101. The second-order valence-electron chi connectivity index (χ2n) is 11.7. The first-order chi connectivity index (χ1) is 21.7. The predicted octanol–water partition coefficient (Wildman–Crippen LogP) is 9.92. The number of fused-ring (bicyclic) bond motifs is 3. The molecular weight excluding hydrogens is 729 g/mol. The molecule has 44 heavy (non-hydrogen) atoms. The van der Waals surface area contributed by atoms with Crippen molar-refractivity contribution in [3.8, 4) is 33.6 Å². The third-order valence-corrected chi connectivity index (χ3v) is 9.62. The van der Waals surface area contributed by atoms with E-state index in [0.29, 0.717) is 0 Å². The van der Waals surface area contributed by atoms with Crippen LogP contribution in [0.15, 0.2) is 134 Å². The third kappa shape index (κ3) is 6.95. The first kappa shape index (κ1) is 28.6. The van der Waals surface area contributed by atoms with Gasteiger partial charge in [-0.25, -0.2) is 0 Å². The molecule has 4 heteroatoms. The van der Waals surface area contributed by atoms with Crippen LogP contribution in [0, 0.1) is 19.1 Å². The van der Waals surface area contributed by atoms with Crippen LogP contribution < -0.4 is 5.19 Å². The van der Waals surface area contributed by atoms with Crippen LogP contribution in [-0.2, 0) is 20.1 Å². The van der Waals surface area contributed by atoms with Crippen molar-refractivity contribution in [2.24, 2.45) is 0 Å². The van der Waals surface area contributed by atoms with Gasteiger partial charge in [0.2, 0.25) is 0 Å².